The highest BCUT2D eigenvalue weighted by Crippen LogP contribution is 2.30. The third-order valence-corrected chi connectivity index (χ3v) is 3.91. The van der Waals surface area contributed by atoms with Gasteiger partial charge < -0.3 is 15.2 Å². The fourth-order valence-electron chi connectivity index (χ4n) is 1.72. The normalized spacial score (nSPS) is 12.2. The van der Waals surface area contributed by atoms with Gasteiger partial charge in [0.05, 0.1) is 11.4 Å². The Morgan fingerprint density at radius 2 is 2.11 bits per heavy atom. The number of benzene rings is 1. The fraction of sp³-hybridized carbons (Fsp3) is 0.286. The van der Waals surface area contributed by atoms with Crippen molar-refractivity contribution >= 4 is 22.9 Å². The van der Waals surface area contributed by atoms with Crippen molar-refractivity contribution in [2.24, 2.45) is 5.73 Å². The number of hydrogen-bond acceptors (Lipinski definition) is 4. The van der Waals surface area contributed by atoms with Crippen LogP contribution in [-0.4, -0.2) is 7.11 Å². The van der Waals surface area contributed by atoms with Gasteiger partial charge in [-0.05, 0) is 25.1 Å². The van der Waals surface area contributed by atoms with Crippen LogP contribution in [0.5, 0.6) is 11.5 Å². The van der Waals surface area contributed by atoms with Gasteiger partial charge in [-0.2, -0.15) is 0 Å². The number of halogens is 1. The SMILES string of the molecule is COc1ccc([C@@H](C)N)c(OCc2ccc(Cl)s2)c1. The molecule has 19 heavy (non-hydrogen) atoms. The third-order valence-electron chi connectivity index (χ3n) is 2.71. The number of methoxy groups -OCH3 is 1. The van der Waals surface area contributed by atoms with Crippen LogP contribution in [-0.2, 0) is 6.61 Å². The molecule has 0 aliphatic carbocycles. The molecular weight excluding hydrogens is 282 g/mol. The van der Waals surface area contributed by atoms with Gasteiger partial charge in [-0.3, -0.25) is 0 Å². The lowest BCUT2D eigenvalue weighted by Gasteiger charge is -2.14. The van der Waals surface area contributed by atoms with Crippen molar-refractivity contribution in [2.45, 2.75) is 19.6 Å². The fourth-order valence-corrected chi connectivity index (χ4v) is 2.72. The Morgan fingerprint density at radius 3 is 2.68 bits per heavy atom. The minimum atomic E-state index is -0.0900. The first kappa shape index (κ1) is 14.2. The third kappa shape index (κ3) is 3.62. The number of nitrogens with two attached hydrogens (primary N) is 1. The molecule has 0 bridgehead atoms. The summed E-state index contributed by atoms with van der Waals surface area (Å²) in [6, 6.07) is 9.40. The minimum absolute atomic E-state index is 0.0900. The van der Waals surface area contributed by atoms with Gasteiger partial charge in [0.2, 0.25) is 0 Å². The molecule has 2 rings (SSSR count). The predicted molar refractivity (Wildman–Crippen MR) is 79.3 cm³/mol. The zero-order chi connectivity index (χ0) is 13.8. The summed E-state index contributed by atoms with van der Waals surface area (Å²) in [5, 5.41) is 0. The molecule has 2 aromatic rings. The van der Waals surface area contributed by atoms with Crippen LogP contribution in [0.25, 0.3) is 0 Å². The van der Waals surface area contributed by atoms with Gasteiger partial charge in [0.25, 0.3) is 0 Å². The summed E-state index contributed by atoms with van der Waals surface area (Å²) < 4.78 is 11.8. The van der Waals surface area contributed by atoms with Crippen LogP contribution in [0.15, 0.2) is 30.3 Å². The van der Waals surface area contributed by atoms with Crippen molar-refractivity contribution in [1.29, 1.82) is 0 Å². The molecule has 5 heteroatoms. The number of ether oxygens (including phenoxy) is 2. The van der Waals surface area contributed by atoms with Crippen molar-refractivity contribution < 1.29 is 9.47 Å². The smallest absolute Gasteiger partial charge is 0.128 e. The van der Waals surface area contributed by atoms with Crippen molar-refractivity contribution in [2.75, 3.05) is 7.11 Å². The minimum Gasteiger partial charge on any atom is -0.497 e. The maximum absolute atomic E-state index is 5.94. The van der Waals surface area contributed by atoms with E-state index in [1.54, 1.807) is 7.11 Å². The lowest BCUT2D eigenvalue weighted by atomic mass is 10.1. The molecule has 1 aromatic carbocycles. The monoisotopic (exact) mass is 297 g/mol. The largest absolute Gasteiger partial charge is 0.497 e. The average Bonchev–Trinajstić information content (AvgIpc) is 2.81. The van der Waals surface area contributed by atoms with Gasteiger partial charge in [0.1, 0.15) is 18.1 Å². The zero-order valence-corrected chi connectivity index (χ0v) is 12.4. The quantitative estimate of drug-likeness (QED) is 0.907. The zero-order valence-electron chi connectivity index (χ0n) is 10.9. The summed E-state index contributed by atoms with van der Waals surface area (Å²) in [6.07, 6.45) is 0. The van der Waals surface area contributed by atoms with E-state index < -0.39 is 0 Å². The highest BCUT2D eigenvalue weighted by Gasteiger charge is 2.10. The molecule has 0 saturated carbocycles. The molecule has 0 spiro atoms. The second-order valence-electron chi connectivity index (χ2n) is 4.19. The van der Waals surface area contributed by atoms with E-state index in [-0.39, 0.29) is 6.04 Å². The molecule has 1 aromatic heterocycles. The molecule has 3 nitrogen and oxygen atoms in total. The molecule has 0 fully saturated rings. The lowest BCUT2D eigenvalue weighted by Crippen LogP contribution is -2.08. The van der Waals surface area contributed by atoms with Gasteiger partial charge >= 0.3 is 0 Å². The first-order chi connectivity index (χ1) is 9.10. The standard InChI is InChI=1S/C14H16ClNO2S/c1-9(16)12-5-3-10(17-2)7-13(12)18-8-11-4-6-14(15)19-11/h3-7,9H,8,16H2,1-2H3/t9-/m1/s1. The number of rotatable bonds is 5. The Morgan fingerprint density at radius 1 is 1.32 bits per heavy atom. The van der Waals surface area contributed by atoms with Crippen LogP contribution in [0.2, 0.25) is 4.34 Å². The van der Waals surface area contributed by atoms with E-state index in [4.69, 9.17) is 26.8 Å². The van der Waals surface area contributed by atoms with E-state index >= 15 is 0 Å². The summed E-state index contributed by atoms with van der Waals surface area (Å²) in [5.41, 5.74) is 6.90. The molecule has 0 amide bonds. The van der Waals surface area contributed by atoms with Gasteiger partial charge in [-0.15, -0.1) is 11.3 Å². The summed E-state index contributed by atoms with van der Waals surface area (Å²) >= 11 is 7.40. The molecule has 2 N–H and O–H groups in total. The Balaban J connectivity index is 2.17. The summed E-state index contributed by atoms with van der Waals surface area (Å²) in [7, 11) is 1.63. The van der Waals surface area contributed by atoms with Crippen LogP contribution in [0.1, 0.15) is 23.4 Å². The summed E-state index contributed by atoms with van der Waals surface area (Å²) in [6.45, 7) is 2.40. The van der Waals surface area contributed by atoms with Crippen molar-refractivity contribution in [1.82, 2.24) is 0 Å². The van der Waals surface area contributed by atoms with Crippen LogP contribution < -0.4 is 15.2 Å². The number of hydrogen-bond donors (Lipinski definition) is 1. The Bertz CT molecular complexity index is 554. The maximum atomic E-state index is 5.94. The molecule has 1 heterocycles. The van der Waals surface area contributed by atoms with Crippen molar-refractivity contribution in [3.8, 4) is 11.5 Å². The highest BCUT2D eigenvalue weighted by molar-refractivity contribution is 7.16. The van der Waals surface area contributed by atoms with E-state index in [1.807, 2.05) is 37.3 Å². The molecule has 0 saturated heterocycles. The van der Waals surface area contributed by atoms with Crippen LogP contribution in [0, 0.1) is 0 Å². The molecule has 0 radical (unpaired) electrons. The maximum Gasteiger partial charge on any atom is 0.128 e. The van der Waals surface area contributed by atoms with E-state index in [2.05, 4.69) is 0 Å². The summed E-state index contributed by atoms with van der Waals surface area (Å²) in [4.78, 5) is 1.07. The topological polar surface area (TPSA) is 44.5 Å². The van der Waals surface area contributed by atoms with E-state index in [0.29, 0.717) is 6.61 Å². The molecular formula is C14H16ClNO2S. The van der Waals surface area contributed by atoms with E-state index in [1.165, 1.54) is 11.3 Å². The van der Waals surface area contributed by atoms with E-state index in [0.717, 1.165) is 26.3 Å². The van der Waals surface area contributed by atoms with Crippen molar-refractivity contribution in [3.05, 3.63) is 45.1 Å². The van der Waals surface area contributed by atoms with Gasteiger partial charge in [-0.1, -0.05) is 17.7 Å². The Hall–Kier alpha value is -1.23. The average molecular weight is 298 g/mol. The van der Waals surface area contributed by atoms with E-state index in [9.17, 15) is 0 Å². The van der Waals surface area contributed by atoms with Crippen LogP contribution in [0.3, 0.4) is 0 Å². The van der Waals surface area contributed by atoms with Gasteiger partial charge in [0, 0.05) is 22.5 Å². The van der Waals surface area contributed by atoms with Crippen LogP contribution in [0.4, 0.5) is 0 Å². The molecule has 0 aliphatic heterocycles. The predicted octanol–water partition coefficient (Wildman–Crippen LogP) is 4.01. The molecule has 0 aliphatic rings. The van der Waals surface area contributed by atoms with Crippen LogP contribution >= 0.6 is 22.9 Å². The first-order valence-corrected chi connectivity index (χ1v) is 7.10. The first-order valence-electron chi connectivity index (χ1n) is 5.90. The second kappa shape index (κ2) is 6.28. The molecule has 0 unspecified atom stereocenters. The highest BCUT2D eigenvalue weighted by atomic mass is 35.5. The second-order valence-corrected chi connectivity index (χ2v) is 5.99. The van der Waals surface area contributed by atoms with Crippen molar-refractivity contribution in [3.63, 3.8) is 0 Å². The summed E-state index contributed by atoms with van der Waals surface area (Å²) in [5.74, 6) is 1.50. The molecule has 1 atom stereocenters. The Labute approximate surface area is 121 Å². The number of thiophene rings is 1. The van der Waals surface area contributed by atoms with Gasteiger partial charge in [-0.25, -0.2) is 0 Å². The lowest BCUT2D eigenvalue weighted by molar-refractivity contribution is 0.302. The Kier molecular flexibility index (Phi) is 4.69. The van der Waals surface area contributed by atoms with Gasteiger partial charge in [0.15, 0.2) is 0 Å². The molecule has 102 valence electrons.